The maximum absolute atomic E-state index is 13.0. The summed E-state index contributed by atoms with van der Waals surface area (Å²) in [4.78, 5) is 20.2. The second kappa shape index (κ2) is 8.27. The number of amides is 2. The van der Waals surface area contributed by atoms with Gasteiger partial charge in [0.25, 0.3) is 0 Å². The van der Waals surface area contributed by atoms with Gasteiger partial charge in [-0.15, -0.1) is 0 Å². The summed E-state index contributed by atoms with van der Waals surface area (Å²) in [6.07, 6.45) is 3.55. The predicted molar refractivity (Wildman–Crippen MR) is 108 cm³/mol. The van der Waals surface area contributed by atoms with E-state index in [4.69, 9.17) is 16.3 Å². The lowest BCUT2D eigenvalue weighted by molar-refractivity contribution is 0.0139. The number of β-amino-alcohol motifs (C(OH)–C–C–N with tert-alkyl or cyclic N) is 1. The SMILES string of the molecule is N#Cc1cccnc1O[C@H]1CC[C@H](N2C(=O)N(c3cccc(Cl)c3)CC2O)CC1. The van der Waals surface area contributed by atoms with Crippen LogP contribution in [0.4, 0.5) is 10.5 Å². The maximum Gasteiger partial charge on any atom is 0.327 e. The number of aromatic nitrogens is 1. The van der Waals surface area contributed by atoms with E-state index in [9.17, 15) is 15.2 Å². The first kappa shape index (κ1) is 19.5. The first-order chi connectivity index (χ1) is 14.1. The van der Waals surface area contributed by atoms with Crippen LogP contribution >= 0.6 is 11.6 Å². The molecule has 0 spiro atoms. The number of carbonyl (C=O) groups is 1. The molecule has 1 aliphatic carbocycles. The predicted octanol–water partition coefficient (Wildman–Crippen LogP) is 3.56. The Hall–Kier alpha value is -2.82. The van der Waals surface area contributed by atoms with Crippen molar-refractivity contribution in [1.29, 1.82) is 5.26 Å². The molecular formula is C21H21ClN4O3. The minimum Gasteiger partial charge on any atom is -0.473 e. The lowest BCUT2D eigenvalue weighted by Crippen LogP contribution is -2.46. The highest BCUT2D eigenvalue weighted by Crippen LogP contribution is 2.33. The second-order valence-corrected chi connectivity index (χ2v) is 7.71. The highest BCUT2D eigenvalue weighted by molar-refractivity contribution is 6.30. The molecule has 2 fully saturated rings. The van der Waals surface area contributed by atoms with E-state index in [1.54, 1.807) is 46.3 Å². The fourth-order valence-corrected chi connectivity index (χ4v) is 4.21. The smallest absolute Gasteiger partial charge is 0.327 e. The van der Waals surface area contributed by atoms with Gasteiger partial charge in [0.05, 0.1) is 6.54 Å². The van der Waals surface area contributed by atoms with Crippen molar-refractivity contribution in [2.24, 2.45) is 0 Å². The average molecular weight is 413 g/mol. The van der Waals surface area contributed by atoms with Gasteiger partial charge in [-0.2, -0.15) is 5.26 Å². The zero-order chi connectivity index (χ0) is 20.4. The Balaban J connectivity index is 1.39. The number of nitriles is 1. The van der Waals surface area contributed by atoms with E-state index in [-0.39, 0.29) is 24.7 Å². The second-order valence-electron chi connectivity index (χ2n) is 7.28. The fourth-order valence-electron chi connectivity index (χ4n) is 4.02. The molecule has 7 nitrogen and oxygen atoms in total. The number of carbonyl (C=O) groups excluding carboxylic acids is 1. The maximum atomic E-state index is 13.0. The van der Waals surface area contributed by atoms with Gasteiger partial charge in [-0.1, -0.05) is 17.7 Å². The van der Waals surface area contributed by atoms with Crippen LogP contribution in [0.2, 0.25) is 5.02 Å². The van der Waals surface area contributed by atoms with Crippen LogP contribution in [0.25, 0.3) is 0 Å². The topological polar surface area (TPSA) is 89.7 Å². The number of benzene rings is 1. The molecular weight excluding hydrogens is 392 g/mol. The van der Waals surface area contributed by atoms with Crippen LogP contribution in [0.5, 0.6) is 5.88 Å². The number of nitrogens with zero attached hydrogens (tertiary/aromatic N) is 4. The number of pyridine rings is 1. The van der Waals surface area contributed by atoms with Crippen LogP contribution < -0.4 is 9.64 Å². The lowest BCUT2D eigenvalue weighted by Gasteiger charge is -2.35. The molecule has 1 saturated carbocycles. The zero-order valence-electron chi connectivity index (χ0n) is 15.7. The Kier molecular flexibility index (Phi) is 5.56. The van der Waals surface area contributed by atoms with Crippen molar-refractivity contribution in [2.45, 2.75) is 44.1 Å². The summed E-state index contributed by atoms with van der Waals surface area (Å²) >= 11 is 6.04. The minimum absolute atomic E-state index is 0.0549. The molecule has 2 heterocycles. The van der Waals surface area contributed by atoms with E-state index < -0.39 is 6.23 Å². The van der Waals surface area contributed by atoms with Gasteiger partial charge in [-0.25, -0.2) is 9.78 Å². The monoisotopic (exact) mass is 412 g/mol. The Morgan fingerprint density at radius 3 is 2.72 bits per heavy atom. The largest absolute Gasteiger partial charge is 0.473 e. The van der Waals surface area contributed by atoms with Crippen LogP contribution in [0.3, 0.4) is 0 Å². The summed E-state index contributed by atoms with van der Waals surface area (Å²) in [5, 5.41) is 20.3. The summed E-state index contributed by atoms with van der Waals surface area (Å²) in [7, 11) is 0. The van der Waals surface area contributed by atoms with E-state index in [2.05, 4.69) is 11.1 Å². The van der Waals surface area contributed by atoms with Crippen molar-refractivity contribution in [3.8, 4) is 11.9 Å². The van der Waals surface area contributed by atoms with Crippen molar-refractivity contribution >= 4 is 23.3 Å². The number of rotatable bonds is 4. The Labute approximate surface area is 174 Å². The number of halogens is 1. The van der Waals surface area contributed by atoms with Crippen LogP contribution in [0.15, 0.2) is 42.6 Å². The third-order valence-corrected chi connectivity index (χ3v) is 5.68. The molecule has 29 heavy (non-hydrogen) atoms. The summed E-state index contributed by atoms with van der Waals surface area (Å²) in [5.41, 5.74) is 1.09. The summed E-state index contributed by atoms with van der Waals surface area (Å²) in [5.74, 6) is 0.350. The quantitative estimate of drug-likeness (QED) is 0.829. The molecule has 1 aromatic heterocycles. The van der Waals surface area contributed by atoms with Gasteiger partial charge < -0.3 is 9.84 Å². The number of aliphatic hydroxyl groups is 1. The average Bonchev–Trinajstić information content (AvgIpc) is 3.03. The number of aliphatic hydroxyl groups excluding tert-OH is 1. The number of anilines is 1. The number of hydrogen-bond donors (Lipinski definition) is 1. The van der Waals surface area contributed by atoms with Crippen molar-refractivity contribution in [3.05, 3.63) is 53.2 Å². The summed E-state index contributed by atoms with van der Waals surface area (Å²) < 4.78 is 5.92. The van der Waals surface area contributed by atoms with E-state index in [1.165, 1.54) is 0 Å². The molecule has 150 valence electrons. The zero-order valence-corrected chi connectivity index (χ0v) is 16.5. The summed E-state index contributed by atoms with van der Waals surface area (Å²) in [6.45, 7) is 0.217. The highest BCUT2D eigenvalue weighted by Gasteiger charge is 2.42. The number of ether oxygens (including phenoxy) is 1. The Morgan fingerprint density at radius 2 is 2.00 bits per heavy atom. The van der Waals surface area contributed by atoms with Crippen LogP contribution in [0, 0.1) is 11.3 Å². The van der Waals surface area contributed by atoms with E-state index >= 15 is 0 Å². The molecule has 2 aliphatic rings. The normalized spacial score (nSPS) is 24.4. The Bertz CT molecular complexity index is 940. The molecule has 0 radical (unpaired) electrons. The van der Waals surface area contributed by atoms with Crippen molar-refractivity contribution < 1.29 is 14.6 Å². The van der Waals surface area contributed by atoms with Gasteiger partial charge in [0.1, 0.15) is 24.0 Å². The lowest BCUT2D eigenvalue weighted by atomic mass is 9.92. The molecule has 1 atom stereocenters. The molecule has 1 aromatic carbocycles. The van der Waals surface area contributed by atoms with Crippen molar-refractivity contribution in [1.82, 2.24) is 9.88 Å². The molecule has 1 aliphatic heterocycles. The fraction of sp³-hybridized carbons (Fsp3) is 0.381. The van der Waals surface area contributed by atoms with E-state index in [1.807, 2.05) is 6.07 Å². The highest BCUT2D eigenvalue weighted by atomic mass is 35.5. The molecule has 4 rings (SSSR count). The van der Waals surface area contributed by atoms with Gasteiger partial charge >= 0.3 is 6.03 Å². The molecule has 8 heteroatoms. The minimum atomic E-state index is -0.857. The van der Waals surface area contributed by atoms with Crippen molar-refractivity contribution in [2.75, 3.05) is 11.4 Å². The number of hydrogen-bond acceptors (Lipinski definition) is 5. The summed E-state index contributed by atoms with van der Waals surface area (Å²) in [6, 6.07) is 12.3. The third-order valence-electron chi connectivity index (χ3n) is 5.45. The standard InChI is InChI=1S/C21H21ClN4O3/c22-15-4-1-5-17(11-15)25-13-19(27)26(21(25)28)16-6-8-18(9-7-16)29-20-14(12-23)3-2-10-24-20/h1-5,10-11,16,18-19,27H,6-9,13H2/t16-,18-,19?. The molecule has 2 amide bonds. The third kappa shape index (κ3) is 4.00. The Morgan fingerprint density at radius 1 is 1.21 bits per heavy atom. The molecule has 2 aromatic rings. The van der Waals surface area contributed by atoms with Gasteiger partial charge in [0, 0.05) is 22.9 Å². The van der Waals surface area contributed by atoms with Crippen LogP contribution in [0.1, 0.15) is 31.2 Å². The van der Waals surface area contributed by atoms with Crippen molar-refractivity contribution in [3.63, 3.8) is 0 Å². The first-order valence-corrected chi connectivity index (χ1v) is 10.00. The van der Waals surface area contributed by atoms with E-state index in [0.717, 1.165) is 12.8 Å². The number of urea groups is 1. The van der Waals surface area contributed by atoms with Gasteiger partial charge in [-0.3, -0.25) is 9.80 Å². The van der Waals surface area contributed by atoms with Gasteiger partial charge in [0.2, 0.25) is 5.88 Å². The van der Waals surface area contributed by atoms with Crippen LogP contribution in [-0.2, 0) is 0 Å². The van der Waals surface area contributed by atoms with E-state index in [0.29, 0.717) is 35.0 Å². The molecule has 1 N–H and O–H groups in total. The van der Waals surface area contributed by atoms with Gasteiger partial charge in [-0.05, 0) is 56.0 Å². The molecule has 1 unspecified atom stereocenters. The van der Waals surface area contributed by atoms with Crippen LogP contribution in [-0.4, -0.2) is 45.9 Å². The van der Waals surface area contributed by atoms with Gasteiger partial charge in [0.15, 0.2) is 0 Å². The first-order valence-electron chi connectivity index (χ1n) is 9.62. The molecule has 1 saturated heterocycles. The molecule has 0 bridgehead atoms.